The fourth-order valence-corrected chi connectivity index (χ4v) is 2.22. The molecule has 0 amide bonds. The van der Waals surface area contributed by atoms with Crippen molar-refractivity contribution in [1.82, 2.24) is 0 Å². The van der Waals surface area contributed by atoms with Crippen molar-refractivity contribution in [3.05, 3.63) is 0 Å². The van der Waals surface area contributed by atoms with Gasteiger partial charge in [-0.1, -0.05) is 6.92 Å². The van der Waals surface area contributed by atoms with Gasteiger partial charge < -0.3 is 15.6 Å². The first-order chi connectivity index (χ1) is 7.27. The summed E-state index contributed by atoms with van der Waals surface area (Å²) in [6.45, 7) is 3.57. The van der Waals surface area contributed by atoms with Gasteiger partial charge >= 0.3 is 0 Å². The monoisotopic (exact) mass is 215 g/mol. The molecule has 3 atom stereocenters. The van der Waals surface area contributed by atoms with Crippen molar-refractivity contribution in [3.63, 3.8) is 0 Å². The molecule has 3 heteroatoms. The molecular formula is C12H25NO2. The van der Waals surface area contributed by atoms with Gasteiger partial charge in [0.25, 0.3) is 0 Å². The molecule has 0 aliphatic carbocycles. The molecule has 1 rings (SSSR count). The van der Waals surface area contributed by atoms with E-state index < -0.39 is 0 Å². The summed E-state index contributed by atoms with van der Waals surface area (Å²) in [6.07, 6.45) is 6.54. The maximum Gasteiger partial charge on any atom is 0.0581 e. The van der Waals surface area contributed by atoms with Gasteiger partial charge in [-0.2, -0.15) is 0 Å². The van der Waals surface area contributed by atoms with Crippen molar-refractivity contribution >= 4 is 0 Å². The normalized spacial score (nSPS) is 26.2. The zero-order valence-electron chi connectivity index (χ0n) is 9.82. The van der Waals surface area contributed by atoms with Crippen LogP contribution < -0.4 is 5.73 Å². The van der Waals surface area contributed by atoms with Crippen LogP contribution in [0.4, 0.5) is 0 Å². The SMILES string of the molecule is CCC(CN)C(O)CCC1CCCCO1. The van der Waals surface area contributed by atoms with Gasteiger partial charge in [0, 0.05) is 6.61 Å². The highest BCUT2D eigenvalue weighted by molar-refractivity contribution is 4.72. The number of nitrogens with two attached hydrogens (primary N) is 1. The molecule has 0 aromatic carbocycles. The summed E-state index contributed by atoms with van der Waals surface area (Å²) in [5, 5.41) is 9.90. The lowest BCUT2D eigenvalue weighted by atomic mass is 9.93. The smallest absolute Gasteiger partial charge is 0.0581 e. The molecule has 90 valence electrons. The largest absolute Gasteiger partial charge is 0.393 e. The minimum atomic E-state index is -0.245. The topological polar surface area (TPSA) is 55.5 Å². The lowest BCUT2D eigenvalue weighted by Gasteiger charge is -2.25. The van der Waals surface area contributed by atoms with E-state index in [0.29, 0.717) is 12.6 Å². The van der Waals surface area contributed by atoms with E-state index in [1.807, 2.05) is 0 Å². The fourth-order valence-electron chi connectivity index (χ4n) is 2.22. The molecule has 1 aliphatic rings. The van der Waals surface area contributed by atoms with Crippen LogP contribution in [0.15, 0.2) is 0 Å². The van der Waals surface area contributed by atoms with Crippen molar-refractivity contribution in [3.8, 4) is 0 Å². The molecule has 0 aromatic heterocycles. The standard InChI is InChI=1S/C12H25NO2/c1-2-10(9-13)12(14)7-6-11-5-3-4-8-15-11/h10-12,14H,2-9,13H2,1H3. The van der Waals surface area contributed by atoms with Crippen molar-refractivity contribution in [2.45, 2.75) is 57.7 Å². The van der Waals surface area contributed by atoms with Crippen LogP contribution in [-0.2, 0) is 4.74 Å². The summed E-state index contributed by atoms with van der Waals surface area (Å²) >= 11 is 0. The number of rotatable bonds is 6. The van der Waals surface area contributed by atoms with Crippen LogP contribution in [0, 0.1) is 5.92 Å². The average Bonchev–Trinajstić information content (AvgIpc) is 2.29. The van der Waals surface area contributed by atoms with E-state index >= 15 is 0 Å². The van der Waals surface area contributed by atoms with Gasteiger partial charge in [-0.15, -0.1) is 0 Å². The van der Waals surface area contributed by atoms with Gasteiger partial charge in [0.05, 0.1) is 12.2 Å². The Labute approximate surface area is 93.0 Å². The Kier molecular flexibility index (Phi) is 6.22. The Morgan fingerprint density at radius 2 is 2.27 bits per heavy atom. The van der Waals surface area contributed by atoms with Crippen LogP contribution in [-0.4, -0.2) is 30.5 Å². The highest BCUT2D eigenvalue weighted by Crippen LogP contribution is 2.20. The molecule has 0 spiro atoms. The van der Waals surface area contributed by atoms with Crippen molar-refractivity contribution in [2.75, 3.05) is 13.2 Å². The van der Waals surface area contributed by atoms with E-state index in [1.165, 1.54) is 12.8 Å². The maximum atomic E-state index is 9.90. The summed E-state index contributed by atoms with van der Waals surface area (Å²) in [5.41, 5.74) is 5.60. The van der Waals surface area contributed by atoms with E-state index in [4.69, 9.17) is 10.5 Å². The van der Waals surface area contributed by atoms with E-state index in [2.05, 4.69) is 6.92 Å². The molecular weight excluding hydrogens is 190 g/mol. The first kappa shape index (κ1) is 12.9. The van der Waals surface area contributed by atoms with E-state index in [9.17, 15) is 5.11 Å². The predicted molar refractivity (Wildman–Crippen MR) is 61.7 cm³/mol. The van der Waals surface area contributed by atoms with Crippen molar-refractivity contribution in [1.29, 1.82) is 0 Å². The minimum Gasteiger partial charge on any atom is -0.393 e. The van der Waals surface area contributed by atoms with Crippen LogP contribution in [0.3, 0.4) is 0 Å². The maximum absolute atomic E-state index is 9.90. The van der Waals surface area contributed by atoms with Crippen molar-refractivity contribution < 1.29 is 9.84 Å². The third kappa shape index (κ3) is 4.49. The Morgan fingerprint density at radius 3 is 2.80 bits per heavy atom. The predicted octanol–water partition coefficient (Wildman–Crippen LogP) is 1.68. The molecule has 3 nitrogen and oxygen atoms in total. The molecule has 1 saturated heterocycles. The quantitative estimate of drug-likeness (QED) is 0.709. The summed E-state index contributed by atoms with van der Waals surface area (Å²) in [7, 11) is 0. The van der Waals surface area contributed by atoms with E-state index in [0.717, 1.165) is 32.3 Å². The molecule has 0 bridgehead atoms. The second-order valence-corrected chi connectivity index (χ2v) is 4.54. The Morgan fingerprint density at radius 1 is 1.47 bits per heavy atom. The second kappa shape index (κ2) is 7.20. The summed E-state index contributed by atoms with van der Waals surface area (Å²) < 4.78 is 5.63. The third-order valence-corrected chi connectivity index (χ3v) is 3.43. The molecule has 1 heterocycles. The highest BCUT2D eigenvalue weighted by atomic mass is 16.5. The van der Waals surface area contributed by atoms with Crippen LogP contribution >= 0.6 is 0 Å². The second-order valence-electron chi connectivity index (χ2n) is 4.54. The number of hydrogen-bond donors (Lipinski definition) is 2. The van der Waals surface area contributed by atoms with Gasteiger partial charge in [0.2, 0.25) is 0 Å². The first-order valence-electron chi connectivity index (χ1n) is 6.27. The number of ether oxygens (including phenoxy) is 1. The number of aliphatic hydroxyl groups excluding tert-OH is 1. The van der Waals surface area contributed by atoms with E-state index in [1.54, 1.807) is 0 Å². The van der Waals surface area contributed by atoms with Crippen LogP contribution in [0.2, 0.25) is 0 Å². The molecule has 3 unspecified atom stereocenters. The average molecular weight is 215 g/mol. The van der Waals surface area contributed by atoms with Gasteiger partial charge in [0.15, 0.2) is 0 Å². The highest BCUT2D eigenvalue weighted by Gasteiger charge is 2.19. The zero-order valence-corrected chi connectivity index (χ0v) is 9.82. The van der Waals surface area contributed by atoms with Crippen molar-refractivity contribution in [2.24, 2.45) is 11.7 Å². The molecule has 3 N–H and O–H groups in total. The van der Waals surface area contributed by atoms with Crippen LogP contribution in [0.5, 0.6) is 0 Å². The van der Waals surface area contributed by atoms with Gasteiger partial charge in [-0.3, -0.25) is 0 Å². The molecule has 0 aromatic rings. The Hall–Kier alpha value is -0.120. The number of hydrogen-bond acceptors (Lipinski definition) is 3. The van der Waals surface area contributed by atoms with Gasteiger partial charge in [0.1, 0.15) is 0 Å². The number of aliphatic hydroxyl groups is 1. The Bertz CT molecular complexity index is 154. The summed E-state index contributed by atoms with van der Waals surface area (Å²) in [4.78, 5) is 0. The zero-order chi connectivity index (χ0) is 11.1. The van der Waals surface area contributed by atoms with E-state index in [-0.39, 0.29) is 12.0 Å². The van der Waals surface area contributed by atoms with Crippen LogP contribution in [0.1, 0.15) is 45.4 Å². The first-order valence-corrected chi connectivity index (χ1v) is 6.27. The van der Waals surface area contributed by atoms with Crippen LogP contribution in [0.25, 0.3) is 0 Å². The summed E-state index contributed by atoms with van der Waals surface area (Å²) in [5.74, 6) is 0.258. The minimum absolute atomic E-state index is 0.245. The lowest BCUT2D eigenvalue weighted by molar-refractivity contribution is -0.00289. The molecule has 0 radical (unpaired) electrons. The van der Waals surface area contributed by atoms with Gasteiger partial charge in [-0.25, -0.2) is 0 Å². The Balaban J connectivity index is 2.16. The van der Waals surface area contributed by atoms with Gasteiger partial charge in [-0.05, 0) is 51.0 Å². The lowest BCUT2D eigenvalue weighted by Crippen LogP contribution is -2.29. The molecule has 1 aliphatic heterocycles. The molecule has 15 heavy (non-hydrogen) atoms. The fraction of sp³-hybridized carbons (Fsp3) is 1.00. The molecule has 0 saturated carbocycles. The molecule has 1 fully saturated rings. The summed E-state index contributed by atoms with van der Waals surface area (Å²) in [6, 6.07) is 0. The third-order valence-electron chi connectivity index (χ3n) is 3.43.